The summed E-state index contributed by atoms with van der Waals surface area (Å²) in [5.74, 6) is 0. The molecule has 1 fully saturated rings. The van der Waals surface area contributed by atoms with Crippen LogP contribution >= 0.6 is 11.3 Å². The maximum Gasteiger partial charge on any atom is 0.0897 e. The molecule has 0 aliphatic carbocycles. The normalized spacial score (nSPS) is 33.2. The van der Waals surface area contributed by atoms with Crippen LogP contribution in [0.15, 0.2) is 6.20 Å². The molecule has 3 atom stereocenters. The van der Waals surface area contributed by atoms with Gasteiger partial charge in [0.25, 0.3) is 0 Å². The van der Waals surface area contributed by atoms with Crippen molar-refractivity contribution in [3.63, 3.8) is 0 Å². The summed E-state index contributed by atoms with van der Waals surface area (Å²) in [5, 5.41) is 4.70. The van der Waals surface area contributed by atoms with Crippen LogP contribution < -0.4 is 11.1 Å². The molecular formula is C10H17N3S. The van der Waals surface area contributed by atoms with Crippen LogP contribution in [0.3, 0.4) is 0 Å². The minimum atomic E-state index is 0.332. The fraction of sp³-hybridized carbons (Fsp3) is 0.700. The van der Waals surface area contributed by atoms with Gasteiger partial charge in [-0.05, 0) is 26.7 Å². The highest BCUT2D eigenvalue weighted by molar-refractivity contribution is 7.11. The van der Waals surface area contributed by atoms with E-state index < -0.39 is 0 Å². The number of piperidine rings is 1. The molecule has 4 heteroatoms. The summed E-state index contributed by atoms with van der Waals surface area (Å²) in [4.78, 5) is 5.60. The summed E-state index contributed by atoms with van der Waals surface area (Å²) >= 11 is 1.77. The summed E-state index contributed by atoms with van der Waals surface area (Å²) in [6.07, 6.45) is 4.09. The molecule has 0 aromatic carbocycles. The van der Waals surface area contributed by atoms with Crippen molar-refractivity contribution in [2.45, 2.75) is 44.8 Å². The minimum absolute atomic E-state index is 0.332. The summed E-state index contributed by atoms with van der Waals surface area (Å²) < 4.78 is 0. The van der Waals surface area contributed by atoms with Gasteiger partial charge in [-0.15, -0.1) is 11.3 Å². The average molecular weight is 211 g/mol. The van der Waals surface area contributed by atoms with E-state index in [-0.39, 0.29) is 0 Å². The molecule has 0 bridgehead atoms. The van der Waals surface area contributed by atoms with Crippen molar-refractivity contribution < 1.29 is 0 Å². The van der Waals surface area contributed by atoms with Crippen molar-refractivity contribution in [3.05, 3.63) is 16.1 Å². The molecule has 1 saturated heterocycles. The van der Waals surface area contributed by atoms with E-state index in [1.165, 1.54) is 4.88 Å². The van der Waals surface area contributed by atoms with Crippen LogP contribution in [-0.2, 0) is 0 Å². The van der Waals surface area contributed by atoms with Crippen LogP contribution in [0.4, 0.5) is 0 Å². The first-order chi connectivity index (χ1) is 6.65. The lowest BCUT2D eigenvalue weighted by molar-refractivity contribution is 0.310. The Labute approximate surface area is 88.7 Å². The van der Waals surface area contributed by atoms with Crippen LogP contribution in [0.5, 0.6) is 0 Å². The topological polar surface area (TPSA) is 50.9 Å². The first-order valence-corrected chi connectivity index (χ1v) is 5.90. The van der Waals surface area contributed by atoms with E-state index in [0.29, 0.717) is 18.1 Å². The third-order valence-corrected chi connectivity index (χ3v) is 3.69. The first kappa shape index (κ1) is 10.1. The molecule has 1 aliphatic heterocycles. The summed E-state index contributed by atoms with van der Waals surface area (Å²) in [6.45, 7) is 4.24. The van der Waals surface area contributed by atoms with Crippen molar-refractivity contribution in [3.8, 4) is 0 Å². The molecule has 3 nitrogen and oxygen atoms in total. The van der Waals surface area contributed by atoms with Gasteiger partial charge in [-0.25, -0.2) is 4.98 Å². The van der Waals surface area contributed by atoms with Crippen LogP contribution in [0, 0.1) is 6.92 Å². The molecule has 78 valence electrons. The third-order valence-electron chi connectivity index (χ3n) is 2.66. The van der Waals surface area contributed by atoms with E-state index in [2.05, 4.69) is 17.2 Å². The number of aryl methyl sites for hydroxylation is 1. The van der Waals surface area contributed by atoms with Crippen LogP contribution in [0.1, 0.15) is 35.7 Å². The monoisotopic (exact) mass is 211 g/mol. The molecule has 2 rings (SSSR count). The molecule has 1 aliphatic rings. The molecule has 0 saturated carbocycles. The summed E-state index contributed by atoms with van der Waals surface area (Å²) in [7, 11) is 0. The van der Waals surface area contributed by atoms with E-state index >= 15 is 0 Å². The molecule has 0 amide bonds. The zero-order chi connectivity index (χ0) is 10.1. The number of thiazole rings is 1. The second-order valence-corrected chi connectivity index (χ2v) is 5.40. The second-order valence-electron chi connectivity index (χ2n) is 4.13. The van der Waals surface area contributed by atoms with Gasteiger partial charge in [0.1, 0.15) is 0 Å². The van der Waals surface area contributed by atoms with Crippen molar-refractivity contribution in [1.82, 2.24) is 10.3 Å². The van der Waals surface area contributed by atoms with E-state index in [1.54, 1.807) is 11.3 Å². The third kappa shape index (κ3) is 2.13. The van der Waals surface area contributed by atoms with Crippen LogP contribution in [-0.4, -0.2) is 17.1 Å². The number of nitrogens with zero attached hydrogens (tertiary/aromatic N) is 1. The number of rotatable bonds is 1. The Bertz CT molecular complexity index is 300. The lowest BCUT2D eigenvalue weighted by atomic mass is 9.95. The van der Waals surface area contributed by atoms with Gasteiger partial charge < -0.3 is 11.1 Å². The number of hydrogen-bond donors (Lipinski definition) is 2. The molecule has 0 unspecified atom stereocenters. The van der Waals surface area contributed by atoms with Gasteiger partial charge in [-0.3, -0.25) is 0 Å². The zero-order valence-electron chi connectivity index (χ0n) is 8.66. The molecule has 2 heterocycles. The maximum atomic E-state index is 6.00. The van der Waals surface area contributed by atoms with E-state index in [1.807, 2.05) is 13.1 Å². The van der Waals surface area contributed by atoms with Gasteiger partial charge in [-0.2, -0.15) is 0 Å². The molecule has 1 aromatic rings. The van der Waals surface area contributed by atoms with Gasteiger partial charge in [0, 0.05) is 29.2 Å². The predicted molar refractivity (Wildman–Crippen MR) is 59.4 cm³/mol. The predicted octanol–water partition coefficient (Wildman–Crippen LogP) is 1.59. The number of nitrogens with two attached hydrogens (primary N) is 1. The Kier molecular flexibility index (Phi) is 2.85. The largest absolute Gasteiger partial charge is 0.328 e. The highest BCUT2D eigenvalue weighted by Gasteiger charge is 2.25. The number of aromatic nitrogens is 1. The number of nitrogens with one attached hydrogen (secondary N) is 1. The fourth-order valence-electron chi connectivity index (χ4n) is 2.07. The number of hydrogen-bond acceptors (Lipinski definition) is 4. The molecule has 14 heavy (non-hydrogen) atoms. The van der Waals surface area contributed by atoms with Gasteiger partial charge in [0.05, 0.1) is 5.01 Å². The SMILES string of the molecule is Cc1ncc([C@@H]2C[C@@H](N)C[C@H](C)N2)s1. The highest BCUT2D eigenvalue weighted by Crippen LogP contribution is 2.28. The Hall–Kier alpha value is -0.450. The standard InChI is InChI=1S/C10H17N3S/c1-6-3-8(11)4-9(13-6)10-5-12-7(2)14-10/h5-6,8-9,13H,3-4,11H2,1-2H3/t6-,8-,9-/m0/s1. The van der Waals surface area contributed by atoms with Crippen molar-refractivity contribution in [2.24, 2.45) is 5.73 Å². The van der Waals surface area contributed by atoms with E-state index in [0.717, 1.165) is 17.8 Å². The second kappa shape index (κ2) is 3.96. The van der Waals surface area contributed by atoms with Gasteiger partial charge >= 0.3 is 0 Å². The Morgan fingerprint density at radius 2 is 2.36 bits per heavy atom. The average Bonchev–Trinajstić information content (AvgIpc) is 2.50. The van der Waals surface area contributed by atoms with Gasteiger partial charge in [0.2, 0.25) is 0 Å². The van der Waals surface area contributed by atoms with Crippen LogP contribution in [0.2, 0.25) is 0 Å². The zero-order valence-corrected chi connectivity index (χ0v) is 9.47. The molecular weight excluding hydrogens is 194 g/mol. The lowest BCUT2D eigenvalue weighted by Gasteiger charge is -2.32. The van der Waals surface area contributed by atoms with E-state index in [9.17, 15) is 0 Å². The molecule has 0 spiro atoms. The molecule has 1 aromatic heterocycles. The maximum absolute atomic E-state index is 6.00. The molecule has 0 radical (unpaired) electrons. The Morgan fingerprint density at radius 3 is 2.93 bits per heavy atom. The fourth-order valence-corrected chi connectivity index (χ4v) is 2.93. The quantitative estimate of drug-likeness (QED) is 0.741. The minimum Gasteiger partial charge on any atom is -0.328 e. The summed E-state index contributed by atoms with van der Waals surface area (Å²) in [5.41, 5.74) is 6.00. The van der Waals surface area contributed by atoms with Gasteiger partial charge in [-0.1, -0.05) is 0 Å². The van der Waals surface area contributed by atoms with E-state index in [4.69, 9.17) is 5.73 Å². The Balaban J connectivity index is 2.10. The first-order valence-electron chi connectivity index (χ1n) is 5.09. The van der Waals surface area contributed by atoms with Gasteiger partial charge in [0.15, 0.2) is 0 Å². The summed E-state index contributed by atoms with van der Waals surface area (Å²) in [6, 6.07) is 1.27. The molecule has 3 N–H and O–H groups in total. The van der Waals surface area contributed by atoms with Crippen molar-refractivity contribution >= 4 is 11.3 Å². The lowest BCUT2D eigenvalue weighted by Crippen LogP contribution is -2.43. The Morgan fingerprint density at radius 1 is 1.57 bits per heavy atom. The van der Waals surface area contributed by atoms with Crippen LogP contribution in [0.25, 0.3) is 0 Å². The van der Waals surface area contributed by atoms with Crippen molar-refractivity contribution in [2.75, 3.05) is 0 Å². The van der Waals surface area contributed by atoms with Crippen molar-refractivity contribution in [1.29, 1.82) is 0 Å². The highest BCUT2D eigenvalue weighted by atomic mass is 32.1. The smallest absolute Gasteiger partial charge is 0.0897 e.